The molecule has 0 radical (unpaired) electrons. The molecule has 0 bridgehead atoms. The van der Waals surface area contributed by atoms with Gasteiger partial charge in [-0.3, -0.25) is 0 Å². The molecular weight excluding hydrogens is 304 g/mol. The average molecular weight is 325 g/mol. The summed E-state index contributed by atoms with van der Waals surface area (Å²) in [5, 5.41) is 9.68. The lowest BCUT2D eigenvalue weighted by atomic mass is 9.95. The summed E-state index contributed by atoms with van der Waals surface area (Å²) >= 11 is 0. The number of phenolic OH excluding ortho intramolecular Hbond substituents is 1. The third-order valence-corrected chi connectivity index (χ3v) is 3.55. The van der Waals surface area contributed by atoms with Crippen LogP contribution in [-0.4, -0.2) is 21.2 Å². The molecule has 0 fully saturated rings. The Hall–Kier alpha value is -2.18. The second-order valence-electron chi connectivity index (χ2n) is 6.55. The van der Waals surface area contributed by atoms with Gasteiger partial charge in [0.1, 0.15) is 17.2 Å². The maximum Gasteiger partial charge on any atom is 0.201 e. The van der Waals surface area contributed by atoms with Crippen molar-refractivity contribution in [3.8, 4) is 11.5 Å². The van der Waals surface area contributed by atoms with Crippen LogP contribution in [0.4, 0.5) is 14.6 Å². The minimum atomic E-state index is -1.07. The average Bonchev–Trinajstić information content (AvgIpc) is 2.47. The van der Waals surface area contributed by atoms with Crippen molar-refractivity contribution in [2.75, 3.05) is 5.73 Å². The van der Waals surface area contributed by atoms with Crippen molar-refractivity contribution in [3.63, 3.8) is 0 Å². The maximum atomic E-state index is 14.7. The highest BCUT2D eigenvalue weighted by Gasteiger charge is 2.28. The molecule has 2 rings (SSSR count). The number of benzene rings is 1. The minimum Gasteiger partial charge on any atom is -0.502 e. The van der Waals surface area contributed by atoms with Crippen molar-refractivity contribution in [3.05, 3.63) is 17.5 Å². The predicted molar refractivity (Wildman–Crippen MR) is 84.6 cm³/mol. The Bertz CT molecular complexity index is 758. The second-order valence-corrected chi connectivity index (χ2v) is 6.55. The number of phenols is 1. The summed E-state index contributed by atoms with van der Waals surface area (Å²) in [7, 11) is 0. The number of halogens is 2. The summed E-state index contributed by atoms with van der Waals surface area (Å²) in [6.07, 6.45) is 0.163. The molecule has 1 unspecified atom stereocenters. The van der Waals surface area contributed by atoms with Crippen molar-refractivity contribution in [1.29, 1.82) is 0 Å². The lowest BCUT2D eigenvalue weighted by Gasteiger charge is -2.20. The molecule has 0 amide bonds. The first kappa shape index (κ1) is 17.2. The Kier molecular flexibility index (Phi) is 4.32. The molecule has 1 aromatic heterocycles. The standard InChI is InChI=1S/C16H21F2N3O2/c1-6-7(2)23-13-9(17)8-11(10(18)12(13)22)20-15(16(3,4)5)21-14(8)19/h7,22H,6H2,1-5H3,(H2,19,20,21). The fourth-order valence-electron chi connectivity index (χ4n) is 2.01. The third kappa shape index (κ3) is 3.00. The van der Waals surface area contributed by atoms with Gasteiger partial charge < -0.3 is 15.6 Å². The summed E-state index contributed by atoms with van der Waals surface area (Å²) in [4.78, 5) is 8.11. The molecule has 3 N–H and O–H groups in total. The summed E-state index contributed by atoms with van der Waals surface area (Å²) in [6, 6.07) is 0. The Morgan fingerprint density at radius 2 is 1.83 bits per heavy atom. The molecule has 0 aliphatic heterocycles. The molecule has 0 saturated carbocycles. The van der Waals surface area contributed by atoms with Crippen molar-refractivity contribution in [2.45, 2.75) is 52.6 Å². The van der Waals surface area contributed by atoms with Gasteiger partial charge in [-0.25, -0.2) is 18.7 Å². The van der Waals surface area contributed by atoms with Crippen LogP contribution in [0.2, 0.25) is 0 Å². The number of nitrogens with two attached hydrogens (primary N) is 1. The quantitative estimate of drug-likeness (QED) is 0.900. The number of nitrogens with zero attached hydrogens (tertiary/aromatic N) is 2. The molecule has 0 spiro atoms. The second kappa shape index (κ2) is 5.79. The van der Waals surface area contributed by atoms with Crippen molar-refractivity contribution < 1.29 is 18.6 Å². The van der Waals surface area contributed by atoms with Gasteiger partial charge in [-0.05, 0) is 13.3 Å². The zero-order valence-electron chi connectivity index (χ0n) is 13.9. The summed E-state index contributed by atoms with van der Waals surface area (Å²) in [5.41, 5.74) is 4.95. The van der Waals surface area contributed by atoms with Gasteiger partial charge in [0.05, 0.1) is 11.5 Å². The van der Waals surface area contributed by atoms with Crippen LogP contribution in [0.1, 0.15) is 46.9 Å². The van der Waals surface area contributed by atoms with Crippen molar-refractivity contribution in [1.82, 2.24) is 9.97 Å². The van der Waals surface area contributed by atoms with Crippen molar-refractivity contribution in [2.24, 2.45) is 0 Å². The van der Waals surface area contributed by atoms with Crippen LogP contribution < -0.4 is 10.5 Å². The third-order valence-electron chi connectivity index (χ3n) is 3.55. The first-order valence-electron chi connectivity index (χ1n) is 7.42. The fraction of sp³-hybridized carbons (Fsp3) is 0.500. The van der Waals surface area contributed by atoms with Gasteiger partial charge in [0.2, 0.25) is 5.75 Å². The van der Waals surface area contributed by atoms with Crippen LogP contribution in [-0.2, 0) is 5.41 Å². The molecule has 7 heteroatoms. The van der Waals surface area contributed by atoms with E-state index in [4.69, 9.17) is 10.5 Å². The maximum absolute atomic E-state index is 14.7. The first-order chi connectivity index (χ1) is 10.6. The van der Waals surface area contributed by atoms with E-state index in [-0.39, 0.29) is 22.5 Å². The number of hydrogen-bond donors (Lipinski definition) is 2. The number of aromatic hydroxyl groups is 1. The van der Waals surface area contributed by atoms with Crippen molar-refractivity contribution >= 4 is 16.7 Å². The van der Waals surface area contributed by atoms with E-state index < -0.39 is 34.7 Å². The normalized spacial score (nSPS) is 13.3. The zero-order valence-corrected chi connectivity index (χ0v) is 13.9. The highest BCUT2D eigenvalue weighted by Crippen LogP contribution is 2.41. The Morgan fingerprint density at radius 3 is 2.35 bits per heavy atom. The Balaban J connectivity index is 2.80. The van der Waals surface area contributed by atoms with Gasteiger partial charge in [-0.15, -0.1) is 0 Å². The van der Waals surface area contributed by atoms with Gasteiger partial charge in [0.25, 0.3) is 0 Å². The number of ether oxygens (including phenoxy) is 1. The topological polar surface area (TPSA) is 81.3 Å². The number of hydrogen-bond acceptors (Lipinski definition) is 5. The lowest BCUT2D eigenvalue weighted by molar-refractivity contribution is 0.197. The van der Waals surface area contributed by atoms with Gasteiger partial charge in [-0.2, -0.15) is 0 Å². The molecular formula is C16H21F2N3O2. The van der Waals surface area contributed by atoms with Crippen LogP contribution in [0.5, 0.6) is 11.5 Å². The van der Waals surface area contributed by atoms with Crippen LogP contribution >= 0.6 is 0 Å². The van der Waals surface area contributed by atoms with E-state index in [0.29, 0.717) is 6.42 Å². The van der Waals surface area contributed by atoms with E-state index in [1.54, 1.807) is 6.92 Å². The fourth-order valence-corrected chi connectivity index (χ4v) is 2.01. The number of aromatic nitrogens is 2. The molecule has 0 aliphatic rings. The van der Waals surface area contributed by atoms with E-state index in [1.807, 2.05) is 27.7 Å². The van der Waals surface area contributed by atoms with Crippen LogP contribution in [0.15, 0.2) is 0 Å². The van der Waals surface area contributed by atoms with Gasteiger partial charge in [0, 0.05) is 5.41 Å². The number of anilines is 1. The Labute approximate surface area is 133 Å². The Morgan fingerprint density at radius 1 is 1.22 bits per heavy atom. The molecule has 0 saturated heterocycles. The van der Waals surface area contributed by atoms with Gasteiger partial charge >= 0.3 is 0 Å². The largest absolute Gasteiger partial charge is 0.502 e. The molecule has 5 nitrogen and oxygen atoms in total. The summed E-state index contributed by atoms with van der Waals surface area (Å²) < 4.78 is 34.5. The molecule has 2 aromatic rings. The zero-order chi connectivity index (χ0) is 17.5. The summed E-state index contributed by atoms with van der Waals surface area (Å²) in [5.74, 6) is -3.44. The summed E-state index contributed by atoms with van der Waals surface area (Å²) in [6.45, 7) is 8.97. The molecule has 0 aliphatic carbocycles. The molecule has 1 heterocycles. The predicted octanol–water partition coefficient (Wildman–Crippen LogP) is 3.67. The number of fused-ring (bicyclic) bond motifs is 1. The molecule has 126 valence electrons. The van der Waals surface area contributed by atoms with E-state index in [0.717, 1.165) is 0 Å². The number of rotatable bonds is 3. The SMILES string of the molecule is CCC(C)Oc1c(O)c(F)c2nc(C(C)(C)C)nc(N)c2c1F. The van der Waals surface area contributed by atoms with E-state index in [1.165, 1.54) is 0 Å². The highest BCUT2D eigenvalue weighted by molar-refractivity contribution is 5.92. The van der Waals surface area contributed by atoms with Gasteiger partial charge in [0.15, 0.2) is 17.4 Å². The van der Waals surface area contributed by atoms with Crippen LogP contribution in [0.25, 0.3) is 10.9 Å². The van der Waals surface area contributed by atoms with E-state index in [9.17, 15) is 13.9 Å². The van der Waals surface area contributed by atoms with Crippen LogP contribution in [0, 0.1) is 11.6 Å². The molecule has 1 aromatic carbocycles. The molecule has 1 atom stereocenters. The molecule has 23 heavy (non-hydrogen) atoms. The van der Waals surface area contributed by atoms with E-state index in [2.05, 4.69) is 9.97 Å². The highest BCUT2D eigenvalue weighted by atomic mass is 19.1. The monoisotopic (exact) mass is 325 g/mol. The lowest BCUT2D eigenvalue weighted by Crippen LogP contribution is -2.18. The smallest absolute Gasteiger partial charge is 0.201 e. The number of nitrogen functional groups attached to an aromatic ring is 1. The minimum absolute atomic E-state index is 0.190. The van der Waals surface area contributed by atoms with E-state index >= 15 is 0 Å². The van der Waals surface area contributed by atoms with Crippen LogP contribution in [0.3, 0.4) is 0 Å². The first-order valence-corrected chi connectivity index (χ1v) is 7.42. The van der Waals surface area contributed by atoms with Gasteiger partial charge in [-0.1, -0.05) is 27.7 Å².